The molecule has 1 unspecified atom stereocenters. The fourth-order valence-electron chi connectivity index (χ4n) is 2.43. The fraction of sp³-hybridized carbons (Fsp3) is 0.571. The molecule has 4 nitrogen and oxygen atoms in total. The van der Waals surface area contributed by atoms with Gasteiger partial charge in [0, 0.05) is 11.3 Å². The van der Waals surface area contributed by atoms with Gasteiger partial charge in [-0.15, -0.1) is 11.8 Å². The van der Waals surface area contributed by atoms with Crippen LogP contribution in [0.1, 0.15) is 48.9 Å². The van der Waals surface area contributed by atoms with E-state index in [9.17, 15) is 4.79 Å². The molecule has 0 bridgehead atoms. The van der Waals surface area contributed by atoms with Crippen LogP contribution in [0.3, 0.4) is 0 Å². The Kier molecular flexibility index (Phi) is 6.15. The second-order valence-electron chi connectivity index (χ2n) is 4.17. The molecule has 0 fully saturated rings. The molecule has 1 heterocycles. The monoisotopic (exact) mass is 282 g/mol. The zero-order chi connectivity index (χ0) is 14.4. The van der Waals surface area contributed by atoms with Crippen LogP contribution in [0.2, 0.25) is 0 Å². The van der Waals surface area contributed by atoms with E-state index in [1.54, 1.807) is 11.8 Å². The molecule has 2 N–H and O–H groups in total. The van der Waals surface area contributed by atoms with E-state index in [0.29, 0.717) is 5.92 Å². The SMILES string of the molecule is C/C=C(\SC)C1CCc2[nH]nc(C(=O)O)c2C1.CC. The first-order chi connectivity index (χ1) is 9.17. The van der Waals surface area contributed by atoms with Gasteiger partial charge in [-0.25, -0.2) is 4.79 Å². The van der Waals surface area contributed by atoms with Crippen LogP contribution >= 0.6 is 11.8 Å². The maximum atomic E-state index is 11.0. The van der Waals surface area contributed by atoms with Crippen LogP contribution in [-0.4, -0.2) is 27.5 Å². The third kappa shape index (κ3) is 3.41. The molecule has 0 aliphatic heterocycles. The zero-order valence-electron chi connectivity index (χ0n) is 12.0. The van der Waals surface area contributed by atoms with Crippen molar-refractivity contribution in [1.82, 2.24) is 10.2 Å². The Morgan fingerprint density at radius 2 is 2.21 bits per heavy atom. The van der Waals surface area contributed by atoms with Crippen molar-refractivity contribution in [3.63, 3.8) is 0 Å². The summed E-state index contributed by atoms with van der Waals surface area (Å²) in [5.74, 6) is -0.493. The minimum Gasteiger partial charge on any atom is -0.476 e. The number of thioether (sulfide) groups is 1. The van der Waals surface area contributed by atoms with E-state index in [0.717, 1.165) is 30.5 Å². The van der Waals surface area contributed by atoms with Crippen molar-refractivity contribution in [2.24, 2.45) is 5.92 Å². The van der Waals surface area contributed by atoms with Crippen molar-refractivity contribution in [3.8, 4) is 0 Å². The lowest BCUT2D eigenvalue weighted by Gasteiger charge is -2.23. The van der Waals surface area contributed by atoms with Crippen LogP contribution in [0.5, 0.6) is 0 Å². The maximum absolute atomic E-state index is 11.0. The third-order valence-corrected chi connectivity index (χ3v) is 4.31. The molecule has 0 radical (unpaired) electrons. The van der Waals surface area contributed by atoms with Gasteiger partial charge in [0.2, 0.25) is 0 Å². The summed E-state index contributed by atoms with van der Waals surface area (Å²) in [6.45, 7) is 6.04. The Hall–Kier alpha value is -1.23. The summed E-state index contributed by atoms with van der Waals surface area (Å²) in [5.41, 5.74) is 2.08. The highest BCUT2D eigenvalue weighted by Crippen LogP contribution is 2.34. The number of fused-ring (bicyclic) bond motifs is 1. The molecule has 1 aliphatic carbocycles. The first-order valence-electron chi connectivity index (χ1n) is 6.67. The summed E-state index contributed by atoms with van der Waals surface area (Å²) < 4.78 is 0. The summed E-state index contributed by atoms with van der Waals surface area (Å²) in [7, 11) is 0. The average molecular weight is 282 g/mol. The highest BCUT2D eigenvalue weighted by atomic mass is 32.2. The van der Waals surface area contributed by atoms with Crippen molar-refractivity contribution >= 4 is 17.7 Å². The molecule has 19 heavy (non-hydrogen) atoms. The number of carbonyl (C=O) groups is 1. The largest absolute Gasteiger partial charge is 0.476 e. The summed E-state index contributed by atoms with van der Waals surface area (Å²) >= 11 is 1.75. The predicted molar refractivity (Wildman–Crippen MR) is 79.7 cm³/mol. The quantitative estimate of drug-likeness (QED) is 0.890. The second kappa shape index (κ2) is 7.38. The number of carboxylic acid groups (broad SMARTS) is 1. The zero-order valence-corrected chi connectivity index (χ0v) is 12.8. The summed E-state index contributed by atoms with van der Waals surface area (Å²) in [4.78, 5) is 12.4. The number of rotatable bonds is 3. The molecule has 0 saturated carbocycles. The Morgan fingerprint density at radius 1 is 1.53 bits per heavy atom. The molecule has 0 amide bonds. The van der Waals surface area contributed by atoms with Gasteiger partial charge in [-0.1, -0.05) is 19.9 Å². The molecular formula is C14H22N2O2S. The van der Waals surface area contributed by atoms with Crippen LogP contribution in [0, 0.1) is 5.92 Å². The van der Waals surface area contributed by atoms with Gasteiger partial charge in [-0.2, -0.15) is 5.10 Å². The standard InChI is InChI=1S/C12H16N2O2S.C2H6/c1-3-10(17-2)7-4-5-9-8(6-7)11(12(15)16)14-13-9;1-2/h3,7H,4-6H2,1-2H3,(H,13,14)(H,15,16);1-2H3/b10-3-;. The van der Waals surface area contributed by atoms with Gasteiger partial charge in [0.1, 0.15) is 0 Å². The van der Waals surface area contributed by atoms with Gasteiger partial charge in [0.05, 0.1) is 0 Å². The lowest BCUT2D eigenvalue weighted by atomic mass is 9.86. The van der Waals surface area contributed by atoms with Crippen LogP contribution in [0.15, 0.2) is 11.0 Å². The Bertz CT molecular complexity index is 466. The van der Waals surface area contributed by atoms with Crippen LogP contribution in [-0.2, 0) is 12.8 Å². The molecule has 0 saturated heterocycles. The van der Waals surface area contributed by atoms with Gasteiger partial charge in [-0.05, 0) is 43.3 Å². The molecule has 2 rings (SSSR count). The van der Waals surface area contributed by atoms with E-state index in [1.807, 2.05) is 20.8 Å². The molecule has 106 valence electrons. The van der Waals surface area contributed by atoms with Gasteiger partial charge in [-0.3, -0.25) is 5.10 Å². The number of nitrogens with zero attached hydrogens (tertiary/aromatic N) is 1. The molecule has 1 aromatic heterocycles. The van der Waals surface area contributed by atoms with Crippen LogP contribution in [0.25, 0.3) is 0 Å². The van der Waals surface area contributed by atoms with Crippen molar-refractivity contribution in [1.29, 1.82) is 0 Å². The summed E-state index contributed by atoms with van der Waals surface area (Å²) in [6.07, 6.45) is 6.93. The lowest BCUT2D eigenvalue weighted by Crippen LogP contribution is -2.16. The van der Waals surface area contributed by atoms with E-state index in [4.69, 9.17) is 5.11 Å². The highest BCUT2D eigenvalue weighted by molar-refractivity contribution is 8.02. The minimum atomic E-state index is -0.936. The molecule has 0 spiro atoms. The van der Waals surface area contributed by atoms with Gasteiger partial charge in [0.25, 0.3) is 0 Å². The van der Waals surface area contributed by atoms with E-state index in [2.05, 4.69) is 22.5 Å². The molecule has 1 atom stereocenters. The Labute approximate surface area is 118 Å². The van der Waals surface area contributed by atoms with Gasteiger partial charge in [0.15, 0.2) is 5.69 Å². The Balaban J connectivity index is 0.000000861. The normalized spacial score (nSPS) is 18.3. The number of aryl methyl sites for hydroxylation is 1. The highest BCUT2D eigenvalue weighted by Gasteiger charge is 2.27. The number of allylic oxidation sites excluding steroid dienone is 2. The number of hydrogen-bond acceptors (Lipinski definition) is 3. The van der Waals surface area contributed by atoms with Crippen molar-refractivity contribution in [2.45, 2.75) is 40.0 Å². The van der Waals surface area contributed by atoms with Gasteiger partial charge >= 0.3 is 5.97 Å². The number of aromatic amines is 1. The number of nitrogens with one attached hydrogen (secondary N) is 1. The average Bonchev–Trinajstić information content (AvgIpc) is 2.85. The number of hydrogen-bond donors (Lipinski definition) is 2. The molecular weight excluding hydrogens is 260 g/mol. The van der Waals surface area contributed by atoms with Crippen molar-refractivity contribution in [2.75, 3.05) is 6.26 Å². The molecule has 1 aromatic rings. The first-order valence-corrected chi connectivity index (χ1v) is 7.89. The smallest absolute Gasteiger partial charge is 0.356 e. The van der Waals surface area contributed by atoms with E-state index in [1.165, 1.54) is 4.91 Å². The Morgan fingerprint density at radius 3 is 2.74 bits per heavy atom. The second-order valence-corrected chi connectivity index (χ2v) is 5.05. The molecule has 5 heteroatoms. The molecule has 0 aromatic carbocycles. The van der Waals surface area contributed by atoms with Crippen LogP contribution in [0.4, 0.5) is 0 Å². The topological polar surface area (TPSA) is 66.0 Å². The molecule has 1 aliphatic rings. The van der Waals surface area contributed by atoms with Crippen LogP contribution < -0.4 is 0 Å². The fourth-order valence-corrected chi connectivity index (χ4v) is 3.21. The maximum Gasteiger partial charge on any atom is 0.356 e. The number of aromatic nitrogens is 2. The summed E-state index contributed by atoms with van der Waals surface area (Å²) in [5, 5.41) is 15.8. The van der Waals surface area contributed by atoms with E-state index in [-0.39, 0.29) is 5.69 Å². The third-order valence-electron chi connectivity index (χ3n) is 3.27. The minimum absolute atomic E-state index is 0.196. The van der Waals surface area contributed by atoms with Crippen molar-refractivity contribution < 1.29 is 9.90 Å². The lowest BCUT2D eigenvalue weighted by molar-refractivity contribution is 0.0689. The van der Waals surface area contributed by atoms with E-state index >= 15 is 0 Å². The van der Waals surface area contributed by atoms with Crippen molar-refractivity contribution in [3.05, 3.63) is 27.9 Å². The van der Waals surface area contributed by atoms with E-state index < -0.39 is 5.97 Å². The number of aromatic carboxylic acids is 1. The first kappa shape index (κ1) is 15.8. The van der Waals surface area contributed by atoms with Gasteiger partial charge < -0.3 is 5.11 Å². The summed E-state index contributed by atoms with van der Waals surface area (Å²) in [6, 6.07) is 0. The number of carboxylic acids is 1. The predicted octanol–water partition coefficient (Wildman–Crippen LogP) is 3.51. The number of H-pyrrole nitrogens is 1.